The van der Waals surface area contributed by atoms with Gasteiger partial charge in [0.25, 0.3) is 0 Å². The Kier molecular flexibility index (Phi) is 36.8. The van der Waals surface area contributed by atoms with Crippen molar-refractivity contribution in [3.05, 3.63) is 0 Å². The van der Waals surface area contributed by atoms with Crippen molar-refractivity contribution in [3.8, 4) is 0 Å². The van der Waals surface area contributed by atoms with E-state index in [1.165, 1.54) is 0 Å². The van der Waals surface area contributed by atoms with E-state index in [2.05, 4.69) is 0 Å². The zero-order valence-electron chi connectivity index (χ0n) is 5.59. The fourth-order valence-electron chi connectivity index (χ4n) is 0. The summed E-state index contributed by atoms with van der Waals surface area (Å²) in [6.45, 7) is 0. The summed E-state index contributed by atoms with van der Waals surface area (Å²) in [5.74, 6) is 0. The monoisotopic (exact) mass is 826 g/mol. The first kappa shape index (κ1) is 24.4. The molecule has 0 aliphatic heterocycles. The van der Waals surface area contributed by atoms with Crippen molar-refractivity contribution in [2.45, 2.75) is 0 Å². The van der Waals surface area contributed by atoms with Gasteiger partial charge in [-0.25, -0.2) is 0 Å². The average Bonchev–Trinajstić information content (AvgIpc) is 1.54. The van der Waals surface area contributed by atoms with Crippen molar-refractivity contribution in [3.63, 3.8) is 0 Å². The quantitative estimate of drug-likeness (QED) is 0.235. The number of rotatable bonds is 0. The van der Waals surface area contributed by atoms with Gasteiger partial charge in [-0.1, -0.05) is 0 Å². The van der Waals surface area contributed by atoms with E-state index in [4.69, 9.17) is 30.3 Å². The van der Waals surface area contributed by atoms with E-state index in [9.17, 15) is 0 Å². The van der Waals surface area contributed by atoms with Crippen LogP contribution in [0.25, 0.3) is 0 Å². The molecule has 0 saturated heterocycles. The molecule has 0 rings (SSSR count). The molecule has 72 valence electrons. The Morgan fingerprint density at radius 3 is 0.538 bits per heavy atom. The molecule has 0 radical (unpaired) electrons. The Bertz CT molecular complexity index is 208. The van der Waals surface area contributed by atoms with Crippen LogP contribution in [0.3, 0.4) is 0 Å². The third kappa shape index (κ3) is 470. The molecule has 0 aliphatic rings. The molecule has 0 aliphatic carbocycles. The summed E-state index contributed by atoms with van der Waals surface area (Å²) >= 11 is -13.0. The van der Waals surface area contributed by atoms with Gasteiger partial charge in [-0.2, -0.15) is 0 Å². The molecule has 13 heteroatoms. The van der Waals surface area contributed by atoms with Crippen LogP contribution >= 0.6 is 0 Å². The molecule has 0 unspecified atom stereocenters. The summed E-state index contributed by atoms with van der Waals surface area (Å²) < 4.78 is 77.6. The fourth-order valence-corrected chi connectivity index (χ4v) is 0. The molecular weight excluding hydrogens is 826 g/mol. The third-order valence-corrected chi connectivity index (χ3v) is 0. The molecular formula is LaO9Ta3. The summed E-state index contributed by atoms with van der Waals surface area (Å²) in [6.07, 6.45) is 0. The van der Waals surface area contributed by atoms with E-state index < -0.39 is 56.4 Å². The van der Waals surface area contributed by atoms with E-state index in [1.807, 2.05) is 0 Å². The van der Waals surface area contributed by atoms with Gasteiger partial charge in [0.1, 0.15) is 0 Å². The number of hydrogen-bond donors (Lipinski definition) is 0. The second-order valence-corrected chi connectivity index (χ2v) is 5.49. The standard InChI is InChI=1S/La.9O.3Ta/q+3;;;;;;;3*-1;;;. The van der Waals surface area contributed by atoms with Crippen molar-refractivity contribution in [1.29, 1.82) is 0 Å². The second kappa shape index (κ2) is 19.6. The molecule has 0 heterocycles. The summed E-state index contributed by atoms with van der Waals surface area (Å²) in [4.78, 5) is 0. The van der Waals surface area contributed by atoms with Gasteiger partial charge in [0.05, 0.1) is 0 Å². The Hall–Kier alpha value is 2.10. The van der Waals surface area contributed by atoms with Crippen molar-refractivity contribution >= 4 is 0 Å². The summed E-state index contributed by atoms with van der Waals surface area (Å²) in [5, 5.41) is 0. The summed E-state index contributed by atoms with van der Waals surface area (Å²) in [5.41, 5.74) is 0. The SMILES string of the molecule is [La+3].[O]=[Ta](=[O])[O-].[O]=[Ta](=[O])[O-].[O]=[Ta](=[O])[O-]. The second-order valence-electron chi connectivity index (χ2n) is 0.671. The van der Waals surface area contributed by atoms with Crippen molar-refractivity contribution in [2.24, 2.45) is 0 Å². The number of hydrogen-bond acceptors (Lipinski definition) is 9. The summed E-state index contributed by atoms with van der Waals surface area (Å²) in [6, 6.07) is 0. The van der Waals surface area contributed by atoms with Crippen LogP contribution in [0.1, 0.15) is 0 Å². The Morgan fingerprint density at radius 2 is 0.538 bits per heavy atom. The average molecular weight is 826 g/mol. The molecule has 0 aromatic rings. The molecule has 0 spiro atoms. The van der Waals surface area contributed by atoms with E-state index in [1.54, 1.807) is 0 Å². The van der Waals surface area contributed by atoms with Gasteiger partial charge in [-0.3, -0.25) is 0 Å². The van der Waals surface area contributed by atoms with Crippen LogP contribution in [0.2, 0.25) is 0 Å². The Labute approximate surface area is 120 Å². The van der Waals surface area contributed by atoms with E-state index >= 15 is 0 Å². The van der Waals surface area contributed by atoms with Crippen LogP contribution in [0.15, 0.2) is 0 Å². The van der Waals surface area contributed by atoms with E-state index in [0.29, 0.717) is 0 Å². The molecule has 0 aromatic carbocycles. The molecule has 13 heavy (non-hydrogen) atoms. The van der Waals surface area contributed by atoms with Crippen LogP contribution in [-0.4, -0.2) is 0 Å². The van der Waals surface area contributed by atoms with Gasteiger partial charge < -0.3 is 0 Å². The van der Waals surface area contributed by atoms with Crippen LogP contribution in [-0.2, 0) is 75.9 Å². The molecule has 9 nitrogen and oxygen atoms in total. The van der Waals surface area contributed by atoms with Crippen molar-refractivity contribution in [1.82, 2.24) is 0 Å². The van der Waals surface area contributed by atoms with Gasteiger partial charge in [0.15, 0.2) is 0 Å². The zero-order chi connectivity index (χ0) is 10.7. The van der Waals surface area contributed by atoms with Crippen LogP contribution in [0.5, 0.6) is 0 Å². The molecule has 0 fully saturated rings. The predicted molar refractivity (Wildman–Crippen MR) is 4.12 cm³/mol. The van der Waals surface area contributed by atoms with Gasteiger partial charge in [-0.15, -0.1) is 0 Å². The van der Waals surface area contributed by atoms with Crippen LogP contribution in [0.4, 0.5) is 0 Å². The van der Waals surface area contributed by atoms with E-state index in [-0.39, 0.29) is 35.6 Å². The minimum absolute atomic E-state index is 0. The molecule has 0 N–H and O–H groups in total. The maximum atomic E-state index is 8.62. The maximum absolute atomic E-state index is 8.62. The van der Waals surface area contributed by atoms with Gasteiger partial charge in [-0.05, 0) is 0 Å². The first-order valence-corrected chi connectivity index (χ1v) is 13.4. The molecule has 0 saturated carbocycles. The van der Waals surface area contributed by atoms with Crippen molar-refractivity contribution in [2.75, 3.05) is 0 Å². The molecule has 0 atom stereocenters. The fraction of sp³-hybridized carbons (Fsp3) is 0. The van der Waals surface area contributed by atoms with Crippen molar-refractivity contribution < 1.29 is 122 Å². The molecule has 0 amide bonds. The van der Waals surface area contributed by atoms with Gasteiger partial charge in [0, 0.05) is 0 Å². The van der Waals surface area contributed by atoms with Gasteiger partial charge >= 0.3 is 122 Å². The molecule has 0 aromatic heterocycles. The minimum atomic E-state index is -4.34. The molecule has 0 bridgehead atoms. The van der Waals surface area contributed by atoms with Crippen LogP contribution in [0, 0.1) is 35.6 Å². The van der Waals surface area contributed by atoms with Gasteiger partial charge in [0.2, 0.25) is 0 Å². The van der Waals surface area contributed by atoms with E-state index in [0.717, 1.165) is 0 Å². The predicted octanol–water partition coefficient (Wildman–Crippen LogP) is -4.29. The third-order valence-electron chi connectivity index (χ3n) is 0. The first-order chi connectivity index (χ1) is 5.20. The van der Waals surface area contributed by atoms with Crippen LogP contribution < -0.4 is 10.8 Å². The first-order valence-electron chi connectivity index (χ1n) is 1.64. The normalized spacial score (nSPS) is 5.77. The topological polar surface area (TPSA) is 172 Å². The summed E-state index contributed by atoms with van der Waals surface area (Å²) in [7, 11) is 0. The Morgan fingerprint density at radius 1 is 0.538 bits per heavy atom. The zero-order valence-corrected chi connectivity index (χ0v) is 18.9. The Balaban J connectivity index is -0.0000000450.